The van der Waals surface area contributed by atoms with Crippen LogP contribution in [0.5, 0.6) is 0 Å². The Morgan fingerprint density at radius 1 is 1.07 bits per heavy atom. The van der Waals surface area contributed by atoms with E-state index in [9.17, 15) is 4.79 Å². The lowest BCUT2D eigenvalue weighted by Gasteiger charge is -2.22. The van der Waals surface area contributed by atoms with Crippen LogP contribution < -0.4 is 15.1 Å². The summed E-state index contributed by atoms with van der Waals surface area (Å²) in [5, 5.41) is 3.00. The zero-order valence-electron chi connectivity index (χ0n) is 17.2. The largest absolute Gasteiger partial charge is 0.374 e. The maximum Gasteiger partial charge on any atom is 0.274 e. The van der Waals surface area contributed by atoms with Crippen LogP contribution in [-0.2, 0) is 0 Å². The summed E-state index contributed by atoms with van der Waals surface area (Å²) in [7, 11) is 2.04. The van der Waals surface area contributed by atoms with Gasteiger partial charge in [-0.05, 0) is 63.1 Å². The first kappa shape index (κ1) is 20.7. The third-order valence-corrected chi connectivity index (χ3v) is 4.85. The van der Waals surface area contributed by atoms with Crippen LogP contribution >= 0.6 is 0 Å². The van der Waals surface area contributed by atoms with Crippen LogP contribution in [0.1, 0.15) is 49.7 Å². The molecule has 0 spiro atoms. The number of hydrogen-bond donors (Lipinski definition) is 1. The minimum absolute atomic E-state index is 0.181. The van der Waals surface area contributed by atoms with Crippen molar-refractivity contribution in [3.8, 4) is 0 Å². The number of aryl methyl sites for hydroxylation is 1. The Balaban J connectivity index is 2.13. The number of anilines is 3. The Bertz CT molecular complexity index is 756. The van der Waals surface area contributed by atoms with Gasteiger partial charge in [-0.3, -0.25) is 9.78 Å². The van der Waals surface area contributed by atoms with E-state index in [4.69, 9.17) is 0 Å². The van der Waals surface area contributed by atoms with E-state index in [1.54, 1.807) is 6.20 Å². The highest BCUT2D eigenvalue weighted by atomic mass is 16.1. The van der Waals surface area contributed by atoms with E-state index >= 15 is 0 Å². The van der Waals surface area contributed by atoms with Gasteiger partial charge >= 0.3 is 0 Å². The Morgan fingerprint density at radius 3 is 2.44 bits per heavy atom. The second kappa shape index (κ2) is 9.95. The fourth-order valence-electron chi connectivity index (χ4n) is 3.07. The lowest BCUT2D eigenvalue weighted by Crippen LogP contribution is -2.22. The molecule has 0 aliphatic heterocycles. The summed E-state index contributed by atoms with van der Waals surface area (Å²) < 4.78 is 0. The van der Waals surface area contributed by atoms with Crippen LogP contribution in [0, 0.1) is 6.92 Å². The summed E-state index contributed by atoms with van der Waals surface area (Å²) in [6.45, 7) is 11.4. The highest BCUT2D eigenvalue weighted by molar-refractivity contribution is 6.03. The van der Waals surface area contributed by atoms with Gasteiger partial charge in [0, 0.05) is 49.9 Å². The second-order valence-electron chi connectivity index (χ2n) is 6.80. The van der Waals surface area contributed by atoms with Gasteiger partial charge in [0.25, 0.3) is 5.91 Å². The summed E-state index contributed by atoms with van der Waals surface area (Å²) in [6, 6.07) is 9.93. The van der Waals surface area contributed by atoms with E-state index in [1.807, 2.05) is 32.2 Å². The molecule has 2 aromatic rings. The molecule has 5 nitrogen and oxygen atoms in total. The number of pyridine rings is 1. The first-order valence-electron chi connectivity index (χ1n) is 9.84. The van der Waals surface area contributed by atoms with Crippen molar-refractivity contribution in [2.75, 3.05) is 41.8 Å². The molecule has 1 heterocycles. The number of benzene rings is 1. The number of carbonyl (C=O) groups is 1. The average Bonchev–Trinajstić information content (AvgIpc) is 2.69. The highest BCUT2D eigenvalue weighted by Crippen LogP contribution is 2.23. The van der Waals surface area contributed by atoms with Crippen molar-refractivity contribution < 1.29 is 4.79 Å². The normalized spacial score (nSPS) is 10.6. The smallest absolute Gasteiger partial charge is 0.274 e. The summed E-state index contributed by atoms with van der Waals surface area (Å²) in [5.41, 5.74) is 4.49. The Kier molecular flexibility index (Phi) is 7.65. The number of amides is 1. The predicted molar refractivity (Wildman–Crippen MR) is 115 cm³/mol. The summed E-state index contributed by atoms with van der Waals surface area (Å²) in [6.07, 6.45) is 3.97. The van der Waals surface area contributed by atoms with E-state index in [2.05, 4.69) is 53.0 Å². The van der Waals surface area contributed by atoms with Crippen LogP contribution in [0.2, 0.25) is 0 Å². The molecule has 146 valence electrons. The lowest BCUT2D eigenvalue weighted by molar-refractivity contribution is 0.102. The summed E-state index contributed by atoms with van der Waals surface area (Å²) in [4.78, 5) is 21.4. The van der Waals surface area contributed by atoms with Gasteiger partial charge in [0.05, 0.1) is 0 Å². The molecule has 0 saturated carbocycles. The van der Waals surface area contributed by atoms with Crippen molar-refractivity contribution in [2.45, 2.75) is 40.5 Å². The standard InChI is InChI=1S/C22H32N4O/c1-6-9-14-25(5)18-12-13-23-21(16-18)22(27)24-20-11-10-19(15-17(20)4)26(7-2)8-3/h10-13,15-16H,6-9,14H2,1-5H3,(H,24,27). The molecule has 1 aromatic carbocycles. The van der Waals surface area contributed by atoms with Gasteiger partial charge < -0.3 is 15.1 Å². The number of carbonyl (C=O) groups excluding carboxylic acids is 1. The minimum Gasteiger partial charge on any atom is -0.374 e. The van der Waals surface area contributed by atoms with Crippen LogP contribution in [0.4, 0.5) is 17.1 Å². The molecule has 0 bridgehead atoms. The zero-order valence-corrected chi connectivity index (χ0v) is 17.2. The van der Waals surface area contributed by atoms with Crippen molar-refractivity contribution in [1.82, 2.24) is 4.98 Å². The molecule has 0 unspecified atom stereocenters. The van der Waals surface area contributed by atoms with E-state index in [0.29, 0.717) is 5.69 Å². The SMILES string of the molecule is CCCCN(C)c1ccnc(C(=O)Nc2ccc(N(CC)CC)cc2C)c1. The Hall–Kier alpha value is -2.56. The minimum atomic E-state index is -0.181. The molecule has 27 heavy (non-hydrogen) atoms. The number of nitrogens with zero attached hydrogens (tertiary/aromatic N) is 3. The van der Waals surface area contributed by atoms with E-state index < -0.39 is 0 Å². The molecule has 0 atom stereocenters. The second-order valence-corrected chi connectivity index (χ2v) is 6.80. The number of unbranched alkanes of at least 4 members (excludes halogenated alkanes) is 1. The highest BCUT2D eigenvalue weighted by Gasteiger charge is 2.12. The van der Waals surface area contributed by atoms with Gasteiger partial charge in [0.15, 0.2) is 0 Å². The molecule has 0 radical (unpaired) electrons. The maximum atomic E-state index is 12.7. The molecule has 0 saturated heterocycles. The van der Waals surface area contributed by atoms with E-state index in [1.165, 1.54) is 5.69 Å². The number of hydrogen-bond acceptors (Lipinski definition) is 4. The van der Waals surface area contributed by atoms with Crippen LogP contribution in [0.15, 0.2) is 36.5 Å². The molecule has 1 amide bonds. The van der Waals surface area contributed by atoms with Gasteiger partial charge in [-0.15, -0.1) is 0 Å². The molecule has 1 N–H and O–H groups in total. The van der Waals surface area contributed by atoms with Crippen molar-refractivity contribution >= 4 is 23.0 Å². The molecule has 1 aromatic heterocycles. The molecular weight excluding hydrogens is 336 g/mol. The summed E-state index contributed by atoms with van der Waals surface area (Å²) >= 11 is 0. The molecule has 0 aliphatic rings. The fraction of sp³-hybridized carbons (Fsp3) is 0.455. The molecule has 2 rings (SSSR count). The van der Waals surface area contributed by atoms with Crippen LogP contribution in [0.25, 0.3) is 0 Å². The van der Waals surface area contributed by atoms with Crippen molar-refractivity contribution in [2.24, 2.45) is 0 Å². The van der Waals surface area contributed by atoms with Crippen LogP contribution in [0.3, 0.4) is 0 Å². The van der Waals surface area contributed by atoms with Gasteiger partial charge in [-0.2, -0.15) is 0 Å². The van der Waals surface area contributed by atoms with Gasteiger partial charge in [-0.1, -0.05) is 13.3 Å². The third-order valence-electron chi connectivity index (χ3n) is 4.85. The lowest BCUT2D eigenvalue weighted by atomic mass is 10.1. The van der Waals surface area contributed by atoms with Gasteiger partial charge in [0.1, 0.15) is 5.69 Å². The average molecular weight is 369 g/mol. The first-order valence-corrected chi connectivity index (χ1v) is 9.84. The maximum absolute atomic E-state index is 12.7. The third kappa shape index (κ3) is 5.46. The number of aromatic nitrogens is 1. The zero-order chi connectivity index (χ0) is 19.8. The number of rotatable bonds is 9. The number of nitrogens with one attached hydrogen (secondary N) is 1. The quantitative estimate of drug-likeness (QED) is 0.695. The fourth-order valence-corrected chi connectivity index (χ4v) is 3.07. The summed E-state index contributed by atoms with van der Waals surface area (Å²) in [5.74, 6) is -0.181. The van der Waals surface area contributed by atoms with Crippen LogP contribution in [-0.4, -0.2) is 37.6 Å². The van der Waals surface area contributed by atoms with Crippen molar-refractivity contribution in [1.29, 1.82) is 0 Å². The van der Waals surface area contributed by atoms with E-state index in [-0.39, 0.29) is 5.91 Å². The predicted octanol–water partition coefficient (Wildman–Crippen LogP) is 4.72. The van der Waals surface area contributed by atoms with Crippen molar-refractivity contribution in [3.05, 3.63) is 47.8 Å². The Labute approximate surface area is 163 Å². The van der Waals surface area contributed by atoms with Gasteiger partial charge in [-0.25, -0.2) is 0 Å². The van der Waals surface area contributed by atoms with Crippen molar-refractivity contribution in [3.63, 3.8) is 0 Å². The molecule has 0 fully saturated rings. The molecule has 5 heteroatoms. The molecular formula is C22H32N4O. The van der Waals surface area contributed by atoms with E-state index in [0.717, 1.165) is 49.4 Å². The monoisotopic (exact) mass is 368 g/mol. The Morgan fingerprint density at radius 2 is 1.81 bits per heavy atom. The first-order chi connectivity index (χ1) is 13.0. The van der Waals surface area contributed by atoms with Gasteiger partial charge in [0.2, 0.25) is 0 Å². The topological polar surface area (TPSA) is 48.5 Å². The molecule has 0 aliphatic carbocycles.